The summed E-state index contributed by atoms with van der Waals surface area (Å²) in [5.41, 5.74) is 2.40. The first-order valence-electron chi connectivity index (χ1n) is 12.3. The van der Waals surface area contributed by atoms with Gasteiger partial charge in [-0.25, -0.2) is 0 Å². The van der Waals surface area contributed by atoms with Crippen molar-refractivity contribution in [1.82, 2.24) is 19.7 Å². The number of aliphatic hydroxyl groups excluding tert-OH is 1. The normalized spacial score (nSPS) is 15.5. The van der Waals surface area contributed by atoms with E-state index < -0.39 is 18.8 Å². The number of pyridine rings is 1. The molecule has 0 spiro atoms. The van der Waals surface area contributed by atoms with Crippen molar-refractivity contribution in [1.29, 1.82) is 0 Å². The average molecular weight is 535 g/mol. The third-order valence-electron chi connectivity index (χ3n) is 5.77. The van der Waals surface area contributed by atoms with Gasteiger partial charge in [0, 0.05) is 44.4 Å². The van der Waals surface area contributed by atoms with E-state index in [0.717, 1.165) is 10.6 Å². The molecule has 38 heavy (non-hydrogen) atoms. The van der Waals surface area contributed by atoms with Gasteiger partial charge in [-0.05, 0) is 61.4 Å². The van der Waals surface area contributed by atoms with Crippen molar-refractivity contribution < 1.29 is 27.8 Å². The number of alkyl halides is 3. The molecule has 0 aliphatic heterocycles. The van der Waals surface area contributed by atoms with Crippen LogP contribution in [0.5, 0.6) is 0 Å². The highest BCUT2D eigenvalue weighted by atomic mass is 19.4. The second kappa shape index (κ2) is 14.5. The van der Waals surface area contributed by atoms with Crippen molar-refractivity contribution in [2.45, 2.75) is 52.0 Å². The molecule has 2 heterocycles. The molecule has 0 aromatic carbocycles. The molecule has 1 aliphatic rings. The third kappa shape index (κ3) is 9.50. The minimum absolute atomic E-state index is 0.238. The molecule has 10 heteroatoms. The minimum Gasteiger partial charge on any atom is -0.497 e. The zero-order valence-corrected chi connectivity index (χ0v) is 22.7. The lowest BCUT2D eigenvalue weighted by atomic mass is 10.1. The Morgan fingerprint density at radius 1 is 1.29 bits per heavy atom. The number of ether oxygens (including phenoxy) is 2. The molecule has 1 N–H and O–H groups in total. The molecule has 0 saturated heterocycles. The van der Waals surface area contributed by atoms with E-state index in [1.54, 1.807) is 42.3 Å². The predicted octanol–water partition coefficient (Wildman–Crippen LogP) is 3.74. The summed E-state index contributed by atoms with van der Waals surface area (Å²) in [6.07, 6.45) is 7.65. The largest absolute Gasteiger partial charge is 0.497 e. The third-order valence-corrected chi connectivity index (χ3v) is 5.77. The first kappa shape index (κ1) is 30.9. The highest BCUT2D eigenvalue weighted by molar-refractivity contribution is 5.46. The number of rotatable bonds is 9. The fraction of sp³-hybridized carbons (Fsp3) is 0.429. The highest BCUT2D eigenvalue weighted by Gasteiger charge is 2.40. The number of nitrogens with zero attached hydrogens (tertiary/aromatic N) is 4. The molecule has 208 valence electrons. The van der Waals surface area contributed by atoms with Gasteiger partial charge >= 0.3 is 6.18 Å². The van der Waals surface area contributed by atoms with Gasteiger partial charge in [0.1, 0.15) is 5.76 Å². The van der Waals surface area contributed by atoms with Crippen LogP contribution in [0.3, 0.4) is 0 Å². The van der Waals surface area contributed by atoms with Gasteiger partial charge in [-0.15, -0.1) is 0 Å². The van der Waals surface area contributed by atoms with Crippen molar-refractivity contribution >= 4 is 12.2 Å². The molecule has 0 radical (unpaired) electrons. The van der Waals surface area contributed by atoms with Gasteiger partial charge in [-0.2, -0.15) is 18.3 Å². The Morgan fingerprint density at radius 3 is 2.55 bits per heavy atom. The summed E-state index contributed by atoms with van der Waals surface area (Å²) < 4.78 is 52.0. The maximum atomic E-state index is 13.2. The number of methoxy groups -OCH3 is 2. The van der Waals surface area contributed by atoms with Crippen LogP contribution in [0.1, 0.15) is 32.3 Å². The number of aromatic nitrogens is 3. The monoisotopic (exact) mass is 534 g/mol. The van der Waals surface area contributed by atoms with Crippen LogP contribution in [0.2, 0.25) is 0 Å². The Morgan fingerprint density at radius 2 is 2.03 bits per heavy atom. The maximum Gasteiger partial charge on any atom is 0.416 e. The standard InChI is InChI=1S/C23H29F3N2O3.C5H8N2/c1-5-18(14-20(31-4)13-16(2)30-3)28(15-22(29)23(24,25)26)19-9-8-17-7-6-12-27-21(17)11-10-19;1-5-3-6-7(2)4-5/h6-8,10-14,16,22,29H,5,9,15H2,1-4H3;3-4H,1-2H3/b18-14+,20-13+;. The van der Waals surface area contributed by atoms with Crippen LogP contribution in [0, 0.1) is 6.92 Å². The molecule has 2 aromatic heterocycles. The molecule has 0 saturated carbocycles. The molecule has 0 amide bonds. The number of aliphatic hydroxyl groups is 1. The Labute approximate surface area is 221 Å². The highest BCUT2D eigenvalue weighted by Crippen LogP contribution is 2.27. The van der Waals surface area contributed by atoms with Gasteiger partial charge in [-0.3, -0.25) is 9.67 Å². The maximum absolute atomic E-state index is 13.2. The predicted molar refractivity (Wildman–Crippen MR) is 142 cm³/mol. The molecular weight excluding hydrogens is 497 g/mol. The second-order valence-corrected chi connectivity index (χ2v) is 8.77. The Balaban J connectivity index is 0.000000624. The van der Waals surface area contributed by atoms with Crippen molar-refractivity contribution in [3.8, 4) is 0 Å². The van der Waals surface area contributed by atoms with Crippen molar-refractivity contribution in [3.63, 3.8) is 0 Å². The Hall–Kier alpha value is -3.37. The number of hydrogen-bond acceptors (Lipinski definition) is 6. The van der Waals surface area contributed by atoms with Crippen LogP contribution < -0.4 is 10.6 Å². The summed E-state index contributed by atoms with van der Waals surface area (Å²) in [5, 5.41) is 15.4. The van der Waals surface area contributed by atoms with Crippen LogP contribution in [0.25, 0.3) is 12.2 Å². The zero-order valence-electron chi connectivity index (χ0n) is 22.7. The zero-order chi connectivity index (χ0) is 28.3. The Bertz CT molecular complexity index is 1230. The first-order chi connectivity index (χ1) is 18.0. The molecule has 2 atom stereocenters. The van der Waals surface area contributed by atoms with Crippen molar-refractivity contribution in [2.75, 3.05) is 20.8 Å². The van der Waals surface area contributed by atoms with Gasteiger partial charge in [0.05, 0.1) is 31.3 Å². The van der Waals surface area contributed by atoms with E-state index in [4.69, 9.17) is 9.47 Å². The molecule has 0 fully saturated rings. The van der Waals surface area contributed by atoms with E-state index in [-0.39, 0.29) is 6.10 Å². The van der Waals surface area contributed by atoms with Gasteiger partial charge in [0.15, 0.2) is 6.10 Å². The second-order valence-electron chi connectivity index (χ2n) is 8.77. The first-order valence-corrected chi connectivity index (χ1v) is 12.3. The van der Waals surface area contributed by atoms with Gasteiger partial charge in [-0.1, -0.05) is 19.1 Å². The lowest BCUT2D eigenvalue weighted by Crippen LogP contribution is -2.40. The van der Waals surface area contributed by atoms with Crippen molar-refractivity contribution in [2.24, 2.45) is 7.05 Å². The van der Waals surface area contributed by atoms with E-state index in [9.17, 15) is 18.3 Å². The van der Waals surface area contributed by atoms with Gasteiger partial charge in [0.2, 0.25) is 0 Å². The van der Waals surface area contributed by atoms with E-state index in [2.05, 4.69) is 10.1 Å². The SMILES string of the molecule is CC/C(=C\C(=C/C(C)OC)OC)N(CC(O)C(F)(F)F)C1=CC=c2ncccc2=CC1.Cc1cnn(C)c1. The average Bonchev–Trinajstić information content (AvgIpc) is 3.14. The fourth-order valence-corrected chi connectivity index (χ4v) is 3.65. The van der Waals surface area contributed by atoms with Gasteiger partial charge < -0.3 is 19.5 Å². The number of halogens is 3. The number of hydrogen-bond donors (Lipinski definition) is 1. The molecular formula is C28H37F3N4O3. The van der Waals surface area contributed by atoms with Crippen LogP contribution in [-0.2, 0) is 16.5 Å². The number of fused-ring (bicyclic) bond motifs is 1. The topological polar surface area (TPSA) is 72.6 Å². The summed E-state index contributed by atoms with van der Waals surface area (Å²) in [6.45, 7) is 5.06. The molecule has 2 aromatic rings. The summed E-state index contributed by atoms with van der Waals surface area (Å²) in [6, 6.07) is 3.71. The quantitative estimate of drug-likeness (QED) is 0.391. The van der Waals surface area contributed by atoms with E-state index >= 15 is 0 Å². The van der Waals surface area contributed by atoms with E-state index in [0.29, 0.717) is 30.0 Å². The lowest BCUT2D eigenvalue weighted by molar-refractivity contribution is -0.206. The number of allylic oxidation sites excluding steroid dienone is 4. The van der Waals surface area contributed by atoms with Crippen LogP contribution in [0.15, 0.2) is 66.1 Å². The lowest BCUT2D eigenvalue weighted by Gasteiger charge is -2.32. The summed E-state index contributed by atoms with van der Waals surface area (Å²) in [7, 11) is 4.95. The molecule has 3 rings (SSSR count). The smallest absolute Gasteiger partial charge is 0.416 e. The molecule has 0 bridgehead atoms. The van der Waals surface area contributed by atoms with Crippen LogP contribution >= 0.6 is 0 Å². The molecule has 7 nitrogen and oxygen atoms in total. The summed E-state index contributed by atoms with van der Waals surface area (Å²) in [4.78, 5) is 5.81. The van der Waals surface area contributed by atoms with Crippen LogP contribution in [-0.4, -0.2) is 63.9 Å². The molecule has 2 unspecified atom stereocenters. The fourth-order valence-electron chi connectivity index (χ4n) is 3.65. The van der Waals surface area contributed by atoms with E-state index in [1.165, 1.54) is 17.6 Å². The Kier molecular flexibility index (Phi) is 11.8. The molecule has 1 aliphatic carbocycles. The van der Waals surface area contributed by atoms with E-state index in [1.807, 2.05) is 58.4 Å². The van der Waals surface area contributed by atoms with Crippen molar-refractivity contribution in [3.05, 3.63) is 82.2 Å². The van der Waals surface area contributed by atoms with Crippen LogP contribution in [0.4, 0.5) is 13.2 Å². The summed E-state index contributed by atoms with van der Waals surface area (Å²) >= 11 is 0. The minimum atomic E-state index is -4.73. The summed E-state index contributed by atoms with van der Waals surface area (Å²) in [5.74, 6) is 0.463. The number of aryl methyl sites for hydroxylation is 2. The van der Waals surface area contributed by atoms with Gasteiger partial charge in [0.25, 0.3) is 0 Å².